The van der Waals surface area contributed by atoms with Crippen LogP contribution in [-0.2, 0) is 4.79 Å². The topological polar surface area (TPSA) is 23.6 Å². The highest BCUT2D eigenvalue weighted by atomic mass is 32.2. The summed E-state index contributed by atoms with van der Waals surface area (Å²) in [5.74, 6) is 1.72. The zero-order valence-electron chi connectivity index (χ0n) is 11.7. The van der Waals surface area contributed by atoms with Gasteiger partial charge in [0, 0.05) is 37.2 Å². The van der Waals surface area contributed by atoms with E-state index in [9.17, 15) is 4.79 Å². The van der Waals surface area contributed by atoms with Gasteiger partial charge >= 0.3 is 0 Å². The molecule has 1 rings (SSSR count). The lowest BCUT2D eigenvalue weighted by Gasteiger charge is -2.29. The third-order valence-corrected chi connectivity index (χ3v) is 4.34. The van der Waals surface area contributed by atoms with E-state index < -0.39 is 0 Å². The van der Waals surface area contributed by atoms with Gasteiger partial charge in [0.2, 0.25) is 0 Å². The van der Waals surface area contributed by atoms with Gasteiger partial charge in [-0.3, -0.25) is 4.79 Å². The summed E-state index contributed by atoms with van der Waals surface area (Å²) >= 11 is 1.69. The summed E-state index contributed by atoms with van der Waals surface area (Å²) in [6, 6.07) is 0. The van der Waals surface area contributed by atoms with E-state index in [-0.39, 0.29) is 5.78 Å². The van der Waals surface area contributed by atoms with Gasteiger partial charge in [0.15, 0.2) is 5.78 Å². The van der Waals surface area contributed by atoms with Crippen LogP contribution in [0.5, 0.6) is 0 Å². The van der Waals surface area contributed by atoms with Crippen LogP contribution in [-0.4, -0.2) is 60.3 Å². The highest BCUT2D eigenvalue weighted by Gasteiger charge is 2.21. The number of thioether (sulfide) groups is 1. The highest BCUT2D eigenvalue weighted by molar-refractivity contribution is 8.00. The van der Waals surface area contributed by atoms with E-state index in [2.05, 4.69) is 37.3 Å². The van der Waals surface area contributed by atoms with Crippen LogP contribution in [0.2, 0.25) is 0 Å². The number of carbonyl (C=O) groups excluding carboxylic acids is 1. The van der Waals surface area contributed by atoms with Gasteiger partial charge in [0.1, 0.15) is 0 Å². The van der Waals surface area contributed by atoms with Crippen LogP contribution in [0, 0.1) is 0 Å². The summed E-state index contributed by atoms with van der Waals surface area (Å²) in [6.07, 6.45) is 1.71. The van der Waals surface area contributed by atoms with E-state index in [1.165, 1.54) is 0 Å². The molecule has 4 heteroatoms. The maximum atomic E-state index is 11.8. The second-order valence-electron chi connectivity index (χ2n) is 4.43. The third-order valence-electron chi connectivity index (χ3n) is 3.39. The Morgan fingerprint density at radius 2 is 1.94 bits per heavy atom. The largest absolute Gasteiger partial charge is 0.375 e. The lowest BCUT2D eigenvalue weighted by atomic mass is 10.1. The van der Waals surface area contributed by atoms with Gasteiger partial charge in [-0.1, -0.05) is 26.5 Å². The molecule has 0 saturated heterocycles. The van der Waals surface area contributed by atoms with E-state index in [4.69, 9.17) is 0 Å². The van der Waals surface area contributed by atoms with Crippen molar-refractivity contribution in [2.75, 3.05) is 44.7 Å². The van der Waals surface area contributed by atoms with Crippen molar-refractivity contribution in [2.45, 2.75) is 13.8 Å². The van der Waals surface area contributed by atoms with Gasteiger partial charge in [-0.15, -0.1) is 11.8 Å². The molecule has 0 spiro atoms. The molecule has 0 fully saturated rings. The predicted octanol–water partition coefficient (Wildman–Crippen LogP) is 2.02. The monoisotopic (exact) mass is 268 g/mol. The minimum absolute atomic E-state index is 0.214. The summed E-state index contributed by atoms with van der Waals surface area (Å²) in [7, 11) is 2.07. The number of rotatable bonds is 7. The maximum Gasteiger partial charge on any atom is 0.174 e. The Balaban J connectivity index is 2.67. The molecule has 0 radical (unpaired) electrons. The van der Waals surface area contributed by atoms with E-state index in [1.807, 2.05) is 0 Å². The SMILES string of the molecule is C=CC1=C(N(C)CCN(CC)CC)CSCC1=O. The number of Topliss-reactive ketones (excluding diaryl/α,β-unsaturated/α-hetero) is 1. The molecule has 1 aliphatic rings. The summed E-state index contributed by atoms with van der Waals surface area (Å²) in [5.41, 5.74) is 1.95. The fourth-order valence-corrected chi connectivity index (χ4v) is 3.08. The van der Waals surface area contributed by atoms with Crippen LogP contribution in [0.25, 0.3) is 0 Å². The lowest BCUT2D eigenvalue weighted by Crippen LogP contribution is -2.35. The fourth-order valence-electron chi connectivity index (χ4n) is 2.07. The standard InChI is InChI=1S/C14H24N2OS/c1-5-12-13(10-18-11-14(12)17)15(4)8-9-16(6-2)7-3/h5H,1,6-11H2,2-4H3. The Morgan fingerprint density at radius 1 is 1.28 bits per heavy atom. The van der Waals surface area contributed by atoms with Gasteiger partial charge < -0.3 is 9.80 Å². The van der Waals surface area contributed by atoms with Crippen molar-refractivity contribution >= 4 is 17.5 Å². The Labute approximate surface area is 115 Å². The molecular formula is C14H24N2OS. The number of hydrogen-bond acceptors (Lipinski definition) is 4. The van der Waals surface area contributed by atoms with Crippen LogP contribution in [0.1, 0.15) is 13.8 Å². The third kappa shape index (κ3) is 3.89. The molecule has 0 amide bonds. The first-order valence-corrected chi connectivity index (χ1v) is 7.69. The Kier molecular flexibility index (Phi) is 6.50. The Morgan fingerprint density at radius 3 is 2.50 bits per heavy atom. The van der Waals surface area contributed by atoms with Gasteiger partial charge in [-0.2, -0.15) is 0 Å². The zero-order chi connectivity index (χ0) is 13.5. The molecule has 1 heterocycles. The van der Waals surface area contributed by atoms with Crippen LogP contribution in [0.4, 0.5) is 0 Å². The van der Waals surface area contributed by atoms with Crippen molar-refractivity contribution in [3.63, 3.8) is 0 Å². The van der Waals surface area contributed by atoms with Gasteiger partial charge in [0.05, 0.1) is 5.75 Å². The molecule has 18 heavy (non-hydrogen) atoms. The fraction of sp³-hybridized carbons (Fsp3) is 0.643. The number of ketones is 1. The average molecular weight is 268 g/mol. The zero-order valence-corrected chi connectivity index (χ0v) is 12.6. The predicted molar refractivity (Wildman–Crippen MR) is 80.0 cm³/mol. The van der Waals surface area contributed by atoms with E-state index >= 15 is 0 Å². The second kappa shape index (κ2) is 7.64. The van der Waals surface area contributed by atoms with Crippen molar-refractivity contribution in [3.8, 4) is 0 Å². The number of hydrogen-bond donors (Lipinski definition) is 0. The molecule has 102 valence electrons. The molecule has 0 aliphatic carbocycles. The molecule has 0 unspecified atom stereocenters. The Bertz CT molecular complexity index is 335. The quantitative estimate of drug-likeness (QED) is 0.705. The molecule has 0 saturated carbocycles. The molecular weight excluding hydrogens is 244 g/mol. The number of carbonyl (C=O) groups is 1. The normalized spacial score (nSPS) is 16.3. The van der Waals surface area contributed by atoms with Crippen LogP contribution in [0.15, 0.2) is 23.9 Å². The number of allylic oxidation sites excluding steroid dienone is 2. The number of nitrogens with zero attached hydrogens (tertiary/aromatic N) is 2. The van der Waals surface area contributed by atoms with Crippen LogP contribution < -0.4 is 0 Å². The van der Waals surface area contributed by atoms with Crippen molar-refractivity contribution < 1.29 is 4.79 Å². The number of likely N-dealkylation sites (N-methyl/N-ethyl adjacent to an activating group) is 2. The van der Waals surface area contributed by atoms with Gasteiger partial charge in [-0.05, 0) is 13.1 Å². The van der Waals surface area contributed by atoms with E-state index in [0.29, 0.717) is 5.75 Å². The maximum absolute atomic E-state index is 11.8. The van der Waals surface area contributed by atoms with Gasteiger partial charge in [-0.25, -0.2) is 0 Å². The molecule has 0 atom stereocenters. The molecule has 0 aromatic carbocycles. The lowest BCUT2D eigenvalue weighted by molar-refractivity contribution is -0.113. The average Bonchev–Trinajstić information content (AvgIpc) is 2.39. The van der Waals surface area contributed by atoms with E-state index in [0.717, 1.165) is 43.2 Å². The molecule has 0 aromatic rings. The van der Waals surface area contributed by atoms with Crippen molar-refractivity contribution in [1.82, 2.24) is 9.80 Å². The first kappa shape index (κ1) is 15.3. The smallest absolute Gasteiger partial charge is 0.174 e. The molecule has 3 nitrogen and oxygen atoms in total. The second-order valence-corrected chi connectivity index (χ2v) is 5.41. The first-order chi connectivity index (χ1) is 8.63. The molecule has 0 bridgehead atoms. The minimum Gasteiger partial charge on any atom is -0.375 e. The highest BCUT2D eigenvalue weighted by Crippen LogP contribution is 2.23. The van der Waals surface area contributed by atoms with Crippen LogP contribution in [0.3, 0.4) is 0 Å². The first-order valence-electron chi connectivity index (χ1n) is 6.54. The summed E-state index contributed by atoms with van der Waals surface area (Å²) < 4.78 is 0. The van der Waals surface area contributed by atoms with Crippen LogP contribution >= 0.6 is 11.8 Å². The summed E-state index contributed by atoms with van der Waals surface area (Å²) in [4.78, 5) is 16.4. The Hall–Kier alpha value is -0.740. The van der Waals surface area contributed by atoms with Crippen molar-refractivity contribution in [3.05, 3.63) is 23.9 Å². The van der Waals surface area contributed by atoms with Gasteiger partial charge in [0.25, 0.3) is 0 Å². The molecule has 0 N–H and O–H groups in total. The summed E-state index contributed by atoms with van der Waals surface area (Å²) in [5, 5.41) is 0. The summed E-state index contributed by atoms with van der Waals surface area (Å²) in [6.45, 7) is 12.3. The molecule has 1 aliphatic heterocycles. The van der Waals surface area contributed by atoms with Crippen molar-refractivity contribution in [2.24, 2.45) is 0 Å². The molecule has 0 aromatic heterocycles. The van der Waals surface area contributed by atoms with E-state index in [1.54, 1.807) is 17.8 Å². The minimum atomic E-state index is 0.214. The van der Waals surface area contributed by atoms with Crippen molar-refractivity contribution in [1.29, 1.82) is 0 Å².